The second-order valence-electron chi connectivity index (χ2n) is 7.48. The highest BCUT2D eigenvalue weighted by Crippen LogP contribution is 2.33. The summed E-state index contributed by atoms with van der Waals surface area (Å²) in [5.41, 5.74) is -0.960. The summed E-state index contributed by atoms with van der Waals surface area (Å²) in [6.45, 7) is 5.28. The molecule has 0 spiro atoms. The number of nitrogens with one attached hydrogen (secondary N) is 1. The summed E-state index contributed by atoms with van der Waals surface area (Å²) in [7, 11) is 0. The summed E-state index contributed by atoms with van der Waals surface area (Å²) < 4.78 is 16.4. The van der Waals surface area contributed by atoms with Gasteiger partial charge in [-0.1, -0.05) is 29.8 Å². The van der Waals surface area contributed by atoms with Crippen molar-refractivity contribution in [2.75, 3.05) is 0 Å². The molecule has 3 rings (SSSR count). The van der Waals surface area contributed by atoms with Gasteiger partial charge in [0.15, 0.2) is 0 Å². The number of hydrogen-bond acceptors (Lipinski definition) is 3. The number of carbonyl (C=O) groups is 1. The molecular weight excluding hydrogens is 401 g/mol. The van der Waals surface area contributed by atoms with Gasteiger partial charge >= 0.3 is 0 Å². The molecule has 1 amide bonds. The molecule has 1 fully saturated rings. The van der Waals surface area contributed by atoms with Crippen LogP contribution >= 0.6 is 15.9 Å². The Bertz CT molecular complexity index is 908. The Morgan fingerprint density at radius 3 is 2.81 bits per heavy atom. The van der Waals surface area contributed by atoms with Crippen molar-refractivity contribution in [1.82, 2.24) is 15.1 Å². The first-order valence-corrected chi connectivity index (χ1v) is 9.67. The Balaban J connectivity index is 1.93. The fourth-order valence-corrected chi connectivity index (χ4v) is 3.90. The predicted octanol–water partition coefficient (Wildman–Crippen LogP) is 3.68. The van der Waals surface area contributed by atoms with Crippen LogP contribution in [0.3, 0.4) is 0 Å². The normalized spacial score (nSPS) is 22.9. The van der Waals surface area contributed by atoms with Crippen LogP contribution in [-0.2, 0) is 11.3 Å². The van der Waals surface area contributed by atoms with Gasteiger partial charge in [0, 0.05) is 9.86 Å². The molecule has 0 radical (unpaired) electrons. The zero-order valence-electron chi connectivity index (χ0n) is 15.2. The lowest BCUT2D eigenvalue weighted by Gasteiger charge is -2.24. The van der Waals surface area contributed by atoms with Gasteiger partial charge in [0.25, 0.3) is 5.56 Å². The van der Waals surface area contributed by atoms with Crippen LogP contribution in [0.2, 0.25) is 0 Å². The molecule has 1 aromatic heterocycles. The van der Waals surface area contributed by atoms with Gasteiger partial charge < -0.3 is 5.32 Å². The minimum atomic E-state index is -1.40. The van der Waals surface area contributed by atoms with Crippen molar-refractivity contribution in [1.29, 1.82) is 0 Å². The molecule has 1 saturated carbocycles. The van der Waals surface area contributed by atoms with Crippen LogP contribution in [0, 0.1) is 0 Å². The molecule has 1 aromatic carbocycles. The van der Waals surface area contributed by atoms with Crippen LogP contribution in [0.15, 0.2) is 27.5 Å². The number of rotatable bonds is 4. The quantitative estimate of drug-likeness (QED) is 0.815. The number of carbonyl (C=O) groups excluding carboxylic acids is 1. The number of aromatic nitrogens is 2. The molecule has 0 aliphatic heterocycles. The molecule has 5 nitrogen and oxygen atoms in total. The maximum absolute atomic E-state index is 14.4. The minimum Gasteiger partial charge on any atom is -0.349 e. The summed E-state index contributed by atoms with van der Waals surface area (Å²) >= 11 is 3.42. The van der Waals surface area contributed by atoms with Crippen molar-refractivity contribution in [3.63, 3.8) is 0 Å². The SMILES string of the molecule is CC(C)c1nn(CC(=O)NC2CCCC2(C)F)c(=O)c2ccc(Br)cc12. The molecule has 2 atom stereocenters. The van der Waals surface area contributed by atoms with E-state index in [0.29, 0.717) is 18.2 Å². The van der Waals surface area contributed by atoms with E-state index in [1.807, 2.05) is 19.9 Å². The van der Waals surface area contributed by atoms with E-state index >= 15 is 0 Å². The second kappa shape index (κ2) is 7.10. The van der Waals surface area contributed by atoms with Crippen LogP contribution in [-0.4, -0.2) is 27.4 Å². The van der Waals surface area contributed by atoms with Crippen molar-refractivity contribution >= 4 is 32.6 Å². The Labute approximate surface area is 160 Å². The van der Waals surface area contributed by atoms with Gasteiger partial charge in [-0.15, -0.1) is 0 Å². The molecule has 140 valence electrons. The third-order valence-electron chi connectivity index (χ3n) is 5.01. The second-order valence-corrected chi connectivity index (χ2v) is 8.40. The van der Waals surface area contributed by atoms with Gasteiger partial charge in [0.1, 0.15) is 12.2 Å². The molecule has 0 bridgehead atoms. The van der Waals surface area contributed by atoms with Gasteiger partial charge in [0.05, 0.1) is 17.1 Å². The number of alkyl halides is 1. The van der Waals surface area contributed by atoms with Crippen LogP contribution in [0.25, 0.3) is 10.8 Å². The molecule has 2 aromatic rings. The molecule has 1 aliphatic carbocycles. The van der Waals surface area contributed by atoms with Gasteiger partial charge in [-0.3, -0.25) is 9.59 Å². The van der Waals surface area contributed by atoms with E-state index in [9.17, 15) is 14.0 Å². The molecular formula is C19H23BrFN3O2. The molecule has 26 heavy (non-hydrogen) atoms. The van der Waals surface area contributed by atoms with E-state index in [-0.39, 0.29) is 23.9 Å². The lowest BCUT2D eigenvalue weighted by atomic mass is 10.0. The first kappa shape index (κ1) is 19.0. The number of hydrogen-bond donors (Lipinski definition) is 1. The number of amides is 1. The van der Waals surface area contributed by atoms with E-state index in [1.165, 1.54) is 11.6 Å². The average Bonchev–Trinajstić information content (AvgIpc) is 2.88. The van der Waals surface area contributed by atoms with E-state index in [0.717, 1.165) is 22.0 Å². The van der Waals surface area contributed by atoms with Crippen LogP contribution in [0.5, 0.6) is 0 Å². The first-order valence-electron chi connectivity index (χ1n) is 8.87. The van der Waals surface area contributed by atoms with Crippen molar-refractivity contribution in [2.45, 2.75) is 64.2 Å². The van der Waals surface area contributed by atoms with E-state index in [1.54, 1.807) is 12.1 Å². The molecule has 0 saturated heterocycles. The third kappa shape index (κ3) is 3.68. The van der Waals surface area contributed by atoms with Crippen LogP contribution in [0.4, 0.5) is 4.39 Å². The highest BCUT2D eigenvalue weighted by molar-refractivity contribution is 9.10. The number of nitrogens with zero attached hydrogens (tertiary/aromatic N) is 2. The average molecular weight is 424 g/mol. The van der Waals surface area contributed by atoms with E-state index in [4.69, 9.17) is 0 Å². The van der Waals surface area contributed by atoms with Crippen LogP contribution < -0.4 is 10.9 Å². The zero-order chi connectivity index (χ0) is 19.1. The topological polar surface area (TPSA) is 64.0 Å². The third-order valence-corrected chi connectivity index (χ3v) is 5.50. The highest BCUT2D eigenvalue weighted by atomic mass is 79.9. The largest absolute Gasteiger partial charge is 0.349 e. The van der Waals surface area contributed by atoms with Crippen molar-refractivity contribution in [3.05, 3.63) is 38.7 Å². The zero-order valence-corrected chi connectivity index (χ0v) is 16.8. The Morgan fingerprint density at radius 1 is 1.46 bits per heavy atom. The van der Waals surface area contributed by atoms with Gasteiger partial charge in [-0.2, -0.15) is 5.10 Å². The molecule has 2 unspecified atom stereocenters. The smallest absolute Gasteiger partial charge is 0.275 e. The minimum absolute atomic E-state index is 0.0886. The summed E-state index contributed by atoms with van der Waals surface area (Å²) in [6.07, 6.45) is 1.81. The number of halogens is 2. The van der Waals surface area contributed by atoms with E-state index < -0.39 is 11.7 Å². The Morgan fingerprint density at radius 2 is 2.19 bits per heavy atom. The van der Waals surface area contributed by atoms with Crippen molar-refractivity contribution in [3.8, 4) is 0 Å². The molecule has 1 aliphatic rings. The van der Waals surface area contributed by atoms with Crippen molar-refractivity contribution in [2.24, 2.45) is 0 Å². The lowest BCUT2D eigenvalue weighted by Crippen LogP contribution is -2.46. The maximum atomic E-state index is 14.4. The summed E-state index contributed by atoms with van der Waals surface area (Å²) in [6, 6.07) is 4.90. The maximum Gasteiger partial charge on any atom is 0.275 e. The molecule has 1 N–H and O–H groups in total. The predicted molar refractivity (Wildman–Crippen MR) is 103 cm³/mol. The fourth-order valence-electron chi connectivity index (χ4n) is 3.54. The summed E-state index contributed by atoms with van der Waals surface area (Å²) in [5, 5.41) is 8.45. The van der Waals surface area contributed by atoms with Crippen LogP contribution in [0.1, 0.15) is 51.6 Å². The van der Waals surface area contributed by atoms with Gasteiger partial charge in [-0.25, -0.2) is 9.07 Å². The monoisotopic (exact) mass is 423 g/mol. The Kier molecular flexibility index (Phi) is 5.19. The van der Waals surface area contributed by atoms with E-state index in [2.05, 4.69) is 26.3 Å². The highest BCUT2D eigenvalue weighted by Gasteiger charge is 2.39. The standard InChI is InChI=1S/C19H23BrFN3O2/c1-11(2)17-14-9-12(20)6-7-13(14)18(26)24(23-17)10-16(25)22-15-5-4-8-19(15,3)21/h6-7,9,11,15H,4-5,8,10H2,1-3H3,(H,22,25). The Hall–Kier alpha value is -1.76. The summed E-state index contributed by atoms with van der Waals surface area (Å²) in [5.74, 6) is -0.299. The number of benzene rings is 1. The van der Waals surface area contributed by atoms with Crippen molar-refractivity contribution < 1.29 is 9.18 Å². The molecule has 7 heteroatoms. The fraction of sp³-hybridized carbons (Fsp3) is 0.526. The van der Waals surface area contributed by atoms with Gasteiger partial charge in [-0.05, 0) is 50.3 Å². The first-order chi connectivity index (χ1) is 12.2. The van der Waals surface area contributed by atoms with Gasteiger partial charge in [0.2, 0.25) is 5.91 Å². The summed E-state index contributed by atoms with van der Waals surface area (Å²) in [4.78, 5) is 25.1. The number of fused-ring (bicyclic) bond motifs is 1. The molecule has 1 heterocycles. The lowest BCUT2D eigenvalue weighted by molar-refractivity contribution is -0.123.